The molecule has 1 aliphatic carbocycles. The molecule has 1 saturated carbocycles. The zero-order valence-corrected chi connectivity index (χ0v) is 11.6. The molecular formula is C17H26O. The normalized spacial score (nSPS) is 20.1. The largest absolute Gasteiger partial charge is 0.388 e. The third-order valence-corrected chi connectivity index (χ3v) is 4.33. The van der Waals surface area contributed by atoms with Crippen LogP contribution in [0.15, 0.2) is 24.3 Å². The van der Waals surface area contributed by atoms with Crippen molar-refractivity contribution >= 4 is 0 Å². The summed E-state index contributed by atoms with van der Waals surface area (Å²) in [5, 5.41) is 10.5. The second-order valence-corrected chi connectivity index (χ2v) is 5.65. The molecule has 0 spiro atoms. The Balaban J connectivity index is 2.00. The fourth-order valence-electron chi connectivity index (χ4n) is 3.03. The van der Waals surface area contributed by atoms with E-state index in [9.17, 15) is 5.11 Å². The maximum Gasteiger partial charge on any atom is 0.0818 e. The van der Waals surface area contributed by atoms with Crippen LogP contribution < -0.4 is 0 Å². The lowest BCUT2D eigenvalue weighted by Crippen LogP contribution is -2.14. The van der Waals surface area contributed by atoms with Crippen molar-refractivity contribution in [2.24, 2.45) is 5.92 Å². The summed E-state index contributed by atoms with van der Waals surface area (Å²) in [6.45, 7) is 2.17. The fourth-order valence-corrected chi connectivity index (χ4v) is 3.03. The van der Waals surface area contributed by atoms with Gasteiger partial charge in [0.15, 0.2) is 0 Å². The van der Waals surface area contributed by atoms with Gasteiger partial charge in [-0.3, -0.25) is 0 Å². The van der Waals surface area contributed by atoms with Crippen molar-refractivity contribution in [2.45, 2.75) is 64.4 Å². The molecule has 0 radical (unpaired) electrons. The number of aryl methyl sites for hydroxylation is 1. The predicted molar refractivity (Wildman–Crippen MR) is 76.6 cm³/mol. The van der Waals surface area contributed by atoms with Crippen LogP contribution in [-0.2, 0) is 6.42 Å². The Morgan fingerprint density at radius 3 is 2.11 bits per heavy atom. The Hall–Kier alpha value is -0.820. The van der Waals surface area contributed by atoms with Crippen LogP contribution in [0.5, 0.6) is 0 Å². The second kappa shape index (κ2) is 6.94. The summed E-state index contributed by atoms with van der Waals surface area (Å²) >= 11 is 0. The van der Waals surface area contributed by atoms with E-state index in [4.69, 9.17) is 0 Å². The maximum atomic E-state index is 10.5. The van der Waals surface area contributed by atoms with E-state index in [0.717, 1.165) is 12.0 Å². The van der Waals surface area contributed by atoms with Gasteiger partial charge in [0, 0.05) is 0 Å². The molecule has 1 nitrogen and oxygen atoms in total. The van der Waals surface area contributed by atoms with Crippen molar-refractivity contribution in [3.8, 4) is 0 Å². The molecule has 1 aliphatic rings. The van der Waals surface area contributed by atoms with Crippen LogP contribution >= 0.6 is 0 Å². The Labute approximate surface area is 111 Å². The molecule has 1 aromatic carbocycles. The topological polar surface area (TPSA) is 20.2 Å². The molecule has 0 bridgehead atoms. The molecular weight excluding hydrogens is 220 g/mol. The van der Waals surface area contributed by atoms with E-state index in [1.165, 1.54) is 50.5 Å². The zero-order chi connectivity index (χ0) is 12.8. The van der Waals surface area contributed by atoms with Crippen molar-refractivity contribution in [1.29, 1.82) is 0 Å². The van der Waals surface area contributed by atoms with Gasteiger partial charge < -0.3 is 5.11 Å². The second-order valence-electron chi connectivity index (χ2n) is 5.65. The minimum Gasteiger partial charge on any atom is -0.388 e. The highest BCUT2D eigenvalue weighted by molar-refractivity contribution is 5.24. The van der Waals surface area contributed by atoms with Crippen molar-refractivity contribution in [2.75, 3.05) is 0 Å². The van der Waals surface area contributed by atoms with Gasteiger partial charge >= 0.3 is 0 Å². The molecule has 1 unspecified atom stereocenters. The van der Waals surface area contributed by atoms with Crippen LogP contribution in [-0.4, -0.2) is 5.11 Å². The Morgan fingerprint density at radius 1 is 1.00 bits per heavy atom. The summed E-state index contributed by atoms with van der Waals surface area (Å²) in [6, 6.07) is 8.54. The summed E-state index contributed by atoms with van der Waals surface area (Å²) in [4.78, 5) is 0. The first-order valence-corrected chi connectivity index (χ1v) is 7.58. The first kappa shape index (κ1) is 13.6. The predicted octanol–water partition coefficient (Wildman–Crippen LogP) is 4.64. The molecule has 0 saturated heterocycles. The van der Waals surface area contributed by atoms with E-state index in [0.29, 0.717) is 5.92 Å². The highest BCUT2D eigenvalue weighted by atomic mass is 16.3. The van der Waals surface area contributed by atoms with E-state index in [2.05, 4.69) is 31.2 Å². The molecule has 1 fully saturated rings. The fraction of sp³-hybridized carbons (Fsp3) is 0.647. The lowest BCUT2D eigenvalue weighted by atomic mass is 9.84. The highest BCUT2D eigenvalue weighted by Crippen LogP contribution is 2.32. The SMILES string of the molecule is CCc1ccc(C(O)C2CCCCCCC2)cc1. The summed E-state index contributed by atoms with van der Waals surface area (Å²) in [7, 11) is 0. The molecule has 1 N–H and O–H groups in total. The van der Waals surface area contributed by atoms with Crippen LogP contribution in [0.1, 0.15) is 69.1 Å². The number of hydrogen-bond donors (Lipinski definition) is 1. The molecule has 1 atom stereocenters. The monoisotopic (exact) mass is 246 g/mol. The van der Waals surface area contributed by atoms with E-state index < -0.39 is 0 Å². The lowest BCUT2D eigenvalue weighted by molar-refractivity contribution is 0.0912. The van der Waals surface area contributed by atoms with Crippen LogP contribution in [0.2, 0.25) is 0 Å². The third-order valence-electron chi connectivity index (χ3n) is 4.33. The zero-order valence-electron chi connectivity index (χ0n) is 11.6. The standard InChI is InChI=1S/C17H26O/c1-2-14-10-12-16(13-11-14)17(18)15-8-6-4-3-5-7-9-15/h10-13,15,17-18H,2-9H2,1H3. The molecule has 0 amide bonds. The van der Waals surface area contributed by atoms with Crippen molar-refractivity contribution in [1.82, 2.24) is 0 Å². The quantitative estimate of drug-likeness (QED) is 0.823. The van der Waals surface area contributed by atoms with Crippen molar-refractivity contribution in [3.05, 3.63) is 35.4 Å². The number of aliphatic hydroxyl groups excluding tert-OH is 1. The van der Waals surface area contributed by atoms with E-state index in [1.54, 1.807) is 0 Å². The molecule has 0 heterocycles. The van der Waals surface area contributed by atoms with Crippen molar-refractivity contribution in [3.63, 3.8) is 0 Å². The number of aliphatic hydroxyl groups is 1. The average molecular weight is 246 g/mol. The van der Waals surface area contributed by atoms with Crippen LogP contribution in [0.25, 0.3) is 0 Å². The van der Waals surface area contributed by atoms with Crippen molar-refractivity contribution < 1.29 is 5.11 Å². The van der Waals surface area contributed by atoms with Gasteiger partial charge in [-0.1, -0.05) is 63.3 Å². The van der Waals surface area contributed by atoms with Gasteiger partial charge in [0.25, 0.3) is 0 Å². The minimum atomic E-state index is -0.256. The van der Waals surface area contributed by atoms with E-state index in [1.807, 2.05) is 0 Å². The summed E-state index contributed by atoms with van der Waals surface area (Å²) in [6.07, 6.45) is 9.84. The van der Waals surface area contributed by atoms with Gasteiger partial charge in [0.05, 0.1) is 6.10 Å². The minimum absolute atomic E-state index is 0.256. The first-order valence-electron chi connectivity index (χ1n) is 7.58. The summed E-state index contributed by atoms with van der Waals surface area (Å²) in [5.41, 5.74) is 2.46. The molecule has 0 aliphatic heterocycles. The molecule has 0 aromatic heterocycles. The smallest absolute Gasteiger partial charge is 0.0818 e. The van der Waals surface area contributed by atoms with Gasteiger partial charge in [-0.25, -0.2) is 0 Å². The van der Waals surface area contributed by atoms with Gasteiger partial charge in [-0.15, -0.1) is 0 Å². The first-order chi connectivity index (χ1) is 8.81. The van der Waals surface area contributed by atoms with Crippen LogP contribution in [0.4, 0.5) is 0 Å². The Morgan fingerprint density at radius 2 is 1.56 bits per heavy atom. The molecule has 2 rings (SSSR count). The van der Waals surface area contributed by atoms with Gasteiger partial charge in [0.1, 0.15) is 0 Å². The Bertz CT molecular complexity index is 333. The van der Waals surface area contributed by atoms with Crippen LogP contribution in [0, 0.1) is 5.92 Å². The van der Waals surface area contributed by atoms with E-state index in [-0.39, 0.29) is 6.10 Å². The van der Waals surface area contributed by atoms with E-state index >= 15 is 0 Å². The number of benzene rings is 1. The summed E-state index contributed by atoms with van der Waals surface area (Å²) in [5.74, 6) is 0.470. The number of hydrogen-bond acceptors (Lipinski definition) is 1. The summed E-state index contributed by atoms with van der Waals surface area (Å²) < 4.78 is 0. The molecule has 1 aromatic rings. The third kappa shape index (κ3) is 3.58. The Kier molecular flexibility index (Phi) is 5.25. The average Bonchev–Trinajstić information content (AvgIpc) is 2.38. The van der Waals surface area contributed by atoms with Crippen LogP contribution in [0.3, 0.4) is 0 Å². The van der Waals surface area contributed by atoms with Gasteiger partial charge in [0.2, 0.25) is 0 Å². The number of rotatable bonds is 3. The lowest BCUT2D eigenvalue weighted by Gasteiger charge is -2.25. The van der Waals surface area contributed by atoms with Gasteiger partial charge in [-0.2, -0.15) is 0 Å². The highest BCUT2D eigenvalue weighted by Gasteiger charge is 2.21. The molecule has 1 heteroatoms. The molecule has 18 heavy (non-hydrogen) atoms. The molecule has 100 valence electrons. The maximum absolute atomic E-state index is 10.5. The van der Waals surface area contributed by atoms with Gasteiger partial charge in [-0.05, 0) is 36.3 Å².